The number of carbonyl (C=O) groups is 2. The minimum absolute atomic E-state index is 0.0631. The SMILES string of the molecule is CC(C[CH]C(=O)N(C1CCCNC[C@@H]1O)S(=O)(=O)c1ccc[nH]c1=O)C(N)=O. The van der Waals surface area contributed by atoms with Crippen LogP contribution in [0.4, 0.5) is 0 Å². The standard InChI is InChI=1S/C17H25N4O6S/c1-11(16(18)24)6-7-15(23)21(12-4-2-8-19-10-13(12)22)28(26,27)14-5-3-9-20-17(14)25/h3,5,7,9,11-13,19,22H,2,4,6,8,10H2,1H3,(H2,18,24)(H,20,25)/t11?,12?,13-/m0/s1. The van der Waals surface area contributed by atoms with Gasteiger partial charge in [0, 0.05) is 18.7 Å². The normalized spacial score (nSPS) is 21.5. The van der Waals surface area contributed by atoms with Crippen LogP contribution in [0.25, 0.3) is 0 Å². The number of H-pyrrole nitrogens is 1. The average Bonchev–Trinajstić information content (AvgIpc) is 2.84. The first-order valence-corrected chi connectivity index (χ1v) is 10.4. The molecule has 1 aromatic rings. The van der Waals surface area contributed by atoms with Gasteiger partial charge in [-0.1, -0.05) is 6.92 Å². The number of primary amides is 1. The van der Waals surface area contributed by atoms with Crippen molar-refractivity contribution >= 4 is 21.8 Å². The van der Waals surface area contributed by atoms with E-state index in [0.29, 0.717) is 17.3 Å². The molecular formula is C17H25N4O6S. The molecule has 28 heavy (non-hydrogen) atoms. The molecule has 2 heterocycles. The molecule has 2 amide bonds. The van der Waals surface area contributed by atoms with Gasteiger partial charge >= 0.3 is 0 Å². The molecule has 1 saturated heterocycles. The number of aliphatic hydroxyl groups is 1. The van der Waals surface area contributed by atoms with Gasteiger partial charge in [0.05, 0.1) is 18.6 Å². The number of hydrogen-bond acceptors (Lipinski definition) is 7. The molecule has 11 heteroatoms. The second-order valence-electron chi connectivity index (χ2n) is 6.73. The molecule has 155 valence electrons. The molecule has 0 bridgehead atoms. The van der Waals surface area contributed by atoms with Crippen LogP contribution in [0.3, 0.4) is 0 Å². The fourth-order valence-electron chi connectivity index (χ4n) is 2.95. The Morgan fingerprint density at radius 1 is 1.46 bits per heavy atom. The van der Waals surface area contributed by atoms with E-state index in [0.717, 1.165) is 12.5 Å². The summed E-state index contributed by atoms with van der Waals surface area (Å²) in [5, 5.41) is 13.4. The van der Waals surface area contributed by atoms with Crippen LogP contribution in [0.1, 0.15) is 26.2 Å². The summed E-state index contributed by atoms with van der Waals surface area (Å²) in [6.07, 6.45) is 1.87. The van der Waals surface area contributed by atoms with E-state index < -0.39 is 50.4 Å². The summed E-state index contributed by atoms with van der Waals surface area (Å²) < 4.78 is 26.9. The Hall–Kier alpha value is -2.24. The first kappa shape index (κ1) is 22.1. The van der Waals surface area contributed by atoms with E-state index >= 15 is 0 Å². The highest BCUT2D eigenvalue weighted by Gasteiger charge is 2.40. The van der Waals surface area contributed by atoms with Gasteiger partial charge in [-0.3, -0.25) is 14.4 Å². The lowest BCUT2D eigenvalue weighted by Gasteiger charge is -2.33. The van der Waals surface area contributed by atoms with Crippen LogP contribution in [-0.2, 0) is 19.6 Å². The second-order valence-corrected chi connectivity index (χ2v) is 8.51. The van der Waals surface area contributed by atoms with E-state index in [4.69, 9.17) is 5.73 Å². The highest BCUT2D eigenvalue weighted by Crippen LogP contribution is 2.23. The molecule has 1 radical (unpaired) electrons. The van der Waals surface area contributed by atoms with Crippen LogP contribution in [0, 0.1) is 12.3 Å². The largest absolute Gasteiger partial charge is 0.390 e. The van der Waals surface area contributed by atoms with Gasteiger partial charge in [0.2, 0.25) is 11.8 Å². The third-order valence-electron chi connectivity index (χ3n) is 4.62. The van der Waals surface area contributed by atoms with Crippen molar-refractivity contribution in [1.29, 1.82) is 0 Å². The highest BCUT2D eigenvalue weighted by molar-refractivity contribution is 7.89. The van der Waals surface area contributed by atoms with Gasteiger partial charge < -0.3 is 21.1 Å². The van der Waals surface area contributed by atoms with Gasteiger partial charge in [0.1, 0.15) is 0 Å². The lowest BCUT2D eigenvalue weighted by atomic mass is 10.0. The van der Waals surface area contributed by atoms with Gasteiger partial charge in [-0.25, -0.2) is 12.7 Å². The van der Waals surface area contributed by atoms with Crippen LogP contribution in [-0.4, -0.2) is 59.9 Å². The predicted octanol–water partition coefficient (Wildman–Crippen LogP) is -1.28. The average molecular weight is 413 g/mol. The van der Waals surface area contributed by atoms with Crippen LogP contribution < -0.4 is 16.6 Å². The van der Waals surface area contributed by atoms with Crippen molar-refractivity contribution in [2.75, 3.05) is 13.1 Å². The summed E-state index contributed by atoms with van der Waals surface area (Å²) >= 11 is 0. The number of hydrogen-bond donors (Lipinski definition) is 4. The molecule has 1 aliphatic rings. The van der Waals surface area contributed by atoms with Gasteiger partial charge in [-0.15, -0.1) is 0 Å². The Morgan fingerprint density at radius 2 is 2.18 bits per heavy atom. The summed E-state index contributed by atoms with van der Waals surface area (Å²) in [5.74, 6) is -2.21. The number of aromatic nitrogens is 1. The molecule has 1 fully saturated rings. The van der Waals surface area contributed by atoms with Crippen molar-refractivity contribution in [2.45, 2.75) is 43.2 Å². The zero-order valence-electron chi connectivity index (χ0n) is 15.5. The Morgan fingerprint density at radius 3 is 2.82 bits per heavy atom. The predicted molar refractivity (Wildman–Crippen MR) is 100 cm³/mol. The highest BCUT2D eigenvalue weighted by atomic mass is 32.2. The fourth-order valence-corrected chi connectivity index (χ4v) is 4.62. The number of nitrogens with one attached hydrogen (secondary N) is 2. The van der Waals surface area contributed by atoms with E-state index in [-0.39, 0.29) is 19.4 Å². The molecule has 0 aromatic carbocycles. The Kier molecular flexibility index (Phi) is 7.33. The molecule has 5 N–H and O–H groups in total. The molecular weight excluding hydrogens is 388 g/mol. The van der Waals surface area contributed by atoms with E-state index in [1.165, 1.54) is 19.2 Å². The van der Waals surface area contributed by atoms with Gasteiger partial charge in [-0.2, -0.15) is 0 Å². The Labute approximate surface area is 163 Å². The second kappa shape index (κ2) is 9.30. The van der Waals surface area contributed by atoms with Crippen molar-refractivity contribution in [3.63, 3.8) is 0 Å². The minimum Gasteiger partial charge on any atom is -0.390 e. The van der Waals surface area contributed by atoms with Gasteiger partial charge in [0.15, 0.2) is 4.90 Å². The van der Waals surface area contributed by atoms with Crippen molar-refractivity contribution in [1.82, 2.24) is 14.6 Å². The number of pyridine rings is 1. The molecule has 2 rings (SSSR count). The number of carbonyl (C=O) groups excluding carboxylic acids is 2. The Bertz CT molecular complexity index is 868. The third-order valence-corrected chi connectivity index (χ3v) is 6.47. The summed E-state index contributed by atoms with van der Waals surface area (Å²) in [6.45, 7) is 2.17. The minimum atomic E-state index is -4.54. The first-order valence-electron chi connectivity index (χ1n) is 8.93. The van der Waals surface area contributed by atoms with Gasteiger partial charge in [-0.05, 0) is 37.9 Å². The number of aliphatic hydroxyl groups excluding tert-OH is 1. The molecule has 0 aliphatic carbocycles. The maximum atomic E-state index is 13.2. The number of β-amino-alcohol motifs (C(OH)–C–C–N with tert-alkyl or cyclic N) is 1. The van der Waals surface area contributed by atoms with Crippen molar-refractivity contribution < 1.29 is 23.1 Å². The van der Waals surface area contributed by atoms with Crippen molar-refractivity contribution in [2.24, 2.45) is 11.7 Å². The zero-order chi connectivity index (χ0) is 20.9. The molecule has 2 unspecified atom stereocenters. The van der Waals surface area contributed by atoms with E-state index in [1.54, 1.807) is 0 Å². The van der Waals surface area contributed by atoms with Crippen LogP contribution in [0.15, 0.2) is 28.0 Å². The molecule has 0 spiro atoms. The number of sulfonamides is 1. The van der Waals surface area contributed by atoms with Gasteiger partial charge in [0.25, 0.3) is 15.6 Å². The topological polar surface area (TPSA) is 163 Å². The van der Waals surface area contributed by atoms with E-state index in [2.05, 4.69) is 10.3 Å². The number of nitrogens with zero attached hydrogens (tertiary/aromatic N) is 1. The van der Waals surface area contributed by atoms with Crippen LogP contribution >= 0.6 is 0 Å². The number of amides is 2. The molecule has 1 aliphatic heterocycles. The van der Waals surface area contributed by atoms with Crippen LogP contribution in [0.2, 0.25) is 0 Å². The monoisotopic (exact) mass is 413 g/mol. The fraction of sp³-hybridized carbons (Fsp3) is 0.529. The molecule has 0 saturated carbocycles. The van der Waals surface area contributed by atoms with E-state index in [9.17, 15) is 27.9 Å². The Balaban J connectivity index is 2.43. The zero-order valence-corrected chi connectivity index (χ0v) is 16.3. The number of nitrogens with two attached hydrogens (primary N) is 1. The summed E-state index contributed by atoms with van der Waals surface area (Å²) in [4.78, 5) is 37.8. The van der Waals surface area contributed by atoms with E-state index in [1.807, 2.05) is 0 Å². The number of rotatable bonds is 7. The quantitative estimate of drug-likeness (QED) is 0.432. The summed E-state index contributed by atoms with van der Waals surface area (Å²) in [7, 11) is -4.54. The number of aromatic amines is 1. The smallest absolute Gasteiger partial charge is 0.272 e. The molecule has 10 nitrogen and oxygen atoms in total. The lowest BCUT2D eigenvalue weighted by molar-refractivity contribution is -0.126. The van der Waals surface area contributed by atoms with Crippen molar-refractivity contribution in [3.8, 4) is 0 Å². The molecule has 3 atom stereocenters. The van der Waals surface area contributed by atoms with Crippen molar-refractivity contribution in [3.05, 3.63) is 35.1 Å². The van der Waals surface area contributed by atoms with Crippen LogP contribution in [0.5, 0.6) is 0 Å². The summed E-state index contributed by atoms with van der Waals surface area (Å²) in [6, 6.07) is 1.38. The summed E-state index contributed by atoms with van der Waals surface area (Å²) in [5.41, 5.74) is 4.32. The maximum absolute atomic E-state index is 13.2. The first-order chi connectivity index (χ1) is 13.2. The lowest BCUT2D eigenvalue weighted by Crippen LogP contribution is -2.52. The maximum Gasteiger partial charge on any atom is 0.272 e. The molecule has 1 aromatic heterocycles. The third kappa shape index (κ3) is 4.97.